The zero-order valence-corrected chi connectivity index (χ0v) is 13.5. The number of nitrogens with zero attached hydrogens (tertiary/aromatic N) is 2. The van der Waals surface area contributed by atoms with Crippen molar-refractivity contribution in [3.8, 4) is 0 Å². The van der Waals surface area contributed by atoms with Crippen LogP contribution in [0.2, 0.25) is 0 Å². The molecule has 0 aliphatic heterocycles. The largest absolute Gasteiger partial charge is 0.331 e. The lowest BCUT2D eigenvalue weighted by Crippen LogP contribution is -2.24. The first-order valence-corrected chi connectivity index (χ1v) is 8.38. The molecule has 116 valence electrons. The minimum atomic E-state index is 0.228. The molecule has 3 nitrogen and oxygen atoms in total. The molecule has 2 N–H and O–H groups in total. The van der Waals surface area contributed by atoms with E-state index in [4.69, 9.17) is 10.7 Å². The number of fused-ring (bicyclic) bond motifs is 1. The lowest BCUT2D eigenvalue weighted by molar-refractivity contribution is 0.522. The molecule has 0 amide bonds. The normalized spacial score (nSPS) is 12.9. The Morgan fingerprint density at radius 3 is 2.57 bits per heavy atom. The molecule has 0 saturated carbocycles. The summed E-state index contributed by atoms with van der Waals surface area (Å²) in [6.45, 7) is 2.26. The van der Waals surface area contributed by atoms with Crippen LogP contribution in [0.25, 0.3) is 11.0 Å². The van der Waals surface area contributed by atoms with Crippen molar-refractivity contribution in [2.45, 2.75) is 64.3 Å². The highest BCUT2D eigenvalue weighted by Gasteiger charge is 2.11. The highest BCUT2D eigenvalue weighted by Crippen LogP contribution is 2.16. The number of rotatable bonds is 9. The third kappa shape index (κ3) is 4.57. The van der Waals surface area contributed by atoms with Gasteiger partial charge in [-0.2, -0.15) is 0 Å². The van der Waals surface area contributed by atoms with Crippen LogP contribution < -0.4 is 5.73 Å². The van der Waals surface area contributed by atoms with E-state index in [-0.39, 0.29) is 6.04 Å². The Labute approximate surface area is 128 Å². The second-order valence-electron chi connectivity index (χ2n) is 6.10. The minimum absolute atomic E-state index is 0.228. The SMILES string of the molecule is CCCCCCCCC(N)Cc1nc2ccccc2n1C. The van der Waals surface area contributed by atoms with E-state index in [1.165, 1.54) is 44.0 Å². The van der Waals surface area contributed by atoms with Gasteiger partial charge < -0.3 is 10.3 Å². The molecule has 1 heterocycles. The van der Waals surface area contributed by atoms with Crippen molar-refractivity contribution < 1.29 is 0 Å². The van der Waals surface area contributed by atoms with Gasteiger partial charge in [0.2, 0.25) is 0 Å². The molecule has 1 aromatic carbocycles. The predicted molar refractivity (Wildman–Crippen MR) is 90.4 cm³/mol. The first kappa shape index (κ1) is 16.0. The lowest BCUT2D eigenvalue weighted by Gasteiger charge is -2.11. The van der Waals surface area contributed by atoms with E-state index in [1.54, 1.807) is 0 Å². The number of unbranched alkanes of at least 4 members (excludes halogenated alkanes) is 5. The third-order valence-electron chi connectivity index (χ3n) is 4.25. The molecule has 3 heteroatoms. The first-order valence-electron chi connectivity index (χ1n) is 8.38. The zero-order valence-electron chi connectivity index (χ0n) is 13.5. The van der Waals surface area contributed by atoms with Gasteiger partial charge in [0.15, 0.2) is 0 Å². The smallest absolute Gasteiger partial charge is 0.111 e. The number of aryl methyl sites for hydroxylation is 1. The maximum Gasteiger partial charge on any atom is 0.111 e. The minimum Gasteiger partial charge on any atom is -0.331 e. The van der Waals surface area contributed by atoms with Gasteiger partial charge in [-0.15, -0.1) is 0 Å². The van der Waals surface area contributed by atoms with Gasteiger partial charge in [-0.05, 0) is 18.6 Å². The van der Waals surface area contributed by atoms with Crippen LogP contribution in [0, 0.1) is 0 Å². The van der Waals surface area contributed by atoms with E-state index in [0.717, 1.165) is 24.2 Å². The fourth-order valence-corrected chi connectivity index (χ4v) is 2.90. The molecule has 0 aliphatic rings. The Bertz CT molecular complexity index is 544. The number of para-hydroxylation sites is 2. The van der Waals surface area contributed by atoms with E-state index >= 15 is 0 Å². The second kappa shape index (κ2) is 8.18. The fourth-order valence-electron chi connectivity index (χ4n) is 2.90. The van der Waals surface area contributed by atoms with Gasteiger partial charge in [0, 0.05) is 19.5 Å². The molecule has 1 unspecified atom stereocenters. The summed E-state index contributed by atoms with van der Waals surface area (Å²) in [5.74, 6) is 1.11. The van der Waals surface area contributed by atoms with E-state index in [9.17, 15) is 0 Å². The number of hydrogen-bond acceptors (Lipinski definition) is 2. The molecular weight excluding hydrogens is 258 g/mol. The topological polar surface area (TPSA) is 43.8 Å². The lowest BCUT2D eigenvalue weighted by atomic mass is 10.0. The van der Waals surface area contributed by atoms with Gasteiger partial charge in [-0.3, -0.25) is 0 Å². The number of aromatic nitrogens is 2. The summed E-state index contributed by atoms with van der Waals surface area (Å²) in [6, 6.07) is 8.51. The van der Waals surface area contributed by atoms with Gasteiger partial charge in [0.1, 0.15) is 5.82 Å². The van der Waals surface area contributed by atoms with Crippen LogP contribution in [0.5, 0.6) is 0 Å². The summed E-state index contributed by atoms with van der Waals surface area (Å²) < 4.78 is 2.18. The molecular formula is C18H29N3. The quantitative estimate of drug-likeness (QED) is 0.703. The first-order chi connectivity index (χ1) is 10.2. The third-order valence-corrected chi connectivity index (χ3v) is 4.25. The Balaban J connectivity index is 1.79. The predicted octanol–water partition coefficient (Wildman–Crippen LogP) is 4.19. The average molecular weight is 287 g/mol. The van der Waals surface area contributed by atoms with Crippen molar-refractivity contribution in [3.63, 3.8) is 0 Å². The van der Waals surface area contributed by atoms with E-state index in [0.29, 0.717) is 0 Å². The van der Waals surface area contributed by atoms with Crippen LogP contribution in [-0.4, -0.2) is 15.6 Å². The molecule has 2 rings (SSSR count). The van der Waals surface area contributed by atoms with Gasteiger partial charge in [-0.25, -0.2) is 4.98 Å². The molecule has 0 aliphatic carbocycles. The summed E-state index contributed by atoms with van der Waals surface area (Å²) in [5.41, 5.74) is 8.55. The summed E-state index contributed by atoms with van der Waals surface area (Å²) in [6.07, 6.45) is 9.95. The molecule has 1 atom stereocenters. The van der Waals surface area contributed by atoms with Crippen LogP contribution in [-0.2, 0) is 13.5 Å². The number of benzene rings is 1. The van der Waals surface area contributed by atoms with Crippen LogP contribution in [0.3, 0.4) is 0 Å². The molecule has 0 bridgehead atoms. The maximum absolute atomic E-state index is 6.28. The van der Waals surface area contributed by atoms with Crippen molar-refractivity contribution in [2.75, 3.05) is 0 Å². The number of imidazole rings is 1. The van der Waals surface area contributed by atoms with Crippen LogP contribution in [0.4, 0.5) is 0 Å². The molecule has 0 fully saturated rings. The second-order valence-corrected chi connectivity index (χ2v) is 6.10. The van der Waals surface area contributed by atoms with Crippen molar-refractivity contribution >= 4 is 11.0 Å². The molecule has 21 heavy (non-hydrogen) atoms. The Hall–Kier alpha value is -1.35. The van der Waals surface area contributed by atoms with Crippen molar-refractivity contribution in [3.05, 3.63) is 30.1 Å². The summed E-state index contributed by atoms with van der Waals surface area (Å²) in [5, 5.41) is 0. The molecule has 0 spiro atoms. The van der Waals surface area contributed by atoms with E-state index in [2.05, 4.69) is 36.7 Å². The van der Waals surface area contributed by atoms with Gasteiger partial charge in [0.25, 0.3) is 0 Å². The van der Waals surface area contributed by atoms with Gasteiger partial charge >= 0.3 is 0 Å². The average Bonchev–Trinajstić information content (AvgIpc) is 2.80. The fraction of sp³-hybridized carbons (Fsp3) is 0.611. The van der Waals surface area contributed by atoms with Crippen molar-refractivity contribution in [1.29, 1.82) is 0 Å². The molecule has 0 radical (unpaired) electrons. The summed E-state index contributed by atoms with van der Waals surface area (Å²) >= 11 is 0. The number of hydrogen-bond donors (Lipinski definition) is 1. The molecule has 2 aromatic rings. The van der Waals surface area contributed by atoms with Crippen LogP contribution >= 0.6 is 0 Å². The monoisotopic (exact) mass is 287 g/mol. The van der Waals surface area contributed by atoms with E-state index in [1.807, 2.05) is 6.07 Å². The Morgan fingerprint density at radius 2 is 1.81 bits per heavy atom. The van der Waals surface area contributed by atoms with Crippen LogP contribution in [0.1, 0.15) is 57.7 Å². The highest BCUT2D eigenvalue weighted by atomic mass is 15.1. The number of nitrogens with two attached hydrogens (primary N) is 1. The Kier molecular flexibility index (Phi) is 6.24. The van der Waals surface area contributed by atoms with Crippen LogP contribution in [0.15, 0.2) is 24.3 Å². The van der Waals surface area contributed by atoms with Crippen molar-refractivity contribution in [1.82, 2.24) is 9.55 Å². The Morgan fingerprint density at radius 1 is 1.10 bits per heavy atom. The van der Waals surface area contributed by atoms with E-state index < -0.39 is 0 Å². The summed E-state index contributed by atoms with van der Waals surface area (Å²) in [7, 11) is 2.09. The molecule has 1 aromatic heterocycles. The highest BCUT2D eigenvalue weighted by molar-refractivity contribution is 5.75. The standard InChI is InChI=1S/C18H29N3/c1-3-4-5-6-7-8-11-15(19)14-18-20-16-12-9-10-13-17(16)21(18)2/h9-10,12-13,15H,3-8,11,14,19H2,1-2H3. The van der Waals surface area contributed by atoms with Gasteiger partial charge in [-0.1, -0.05) is 57.6 Å². The molecule has 0 saturated heterocycles. The zero-order chi connectivity index (χ0) is 15.1. The summed E-state index contributed by atoms with van der Waals surface area (Å²) in [4.78, 5) is 4.70. The van der Waals surface area contributed by atoms with Crippen molar-refractivity contribution in [2.24, 2.45) is 12.8 Å². The maximum atomic E-state index is 6.28. The van der Waals surface area contributed by atoms with Gasteiger partial charge in [0.05, 0.1) is 11.0 Å².